The molecule has 1 aromatic heterocycles. The zero-order chi connectivity index (χ0) is 25.7. The highest BCUT2D eigenvalue weighted by Gasteiger charge is 2.20. The fourth-order valence-corrected chi connectivity index (χ4v) is 4.83. The lowest BCUT2D eigenvalue weighted by atomic mass is 9.97. The fourth-order valence-electron chi connectivity index (χ4n) is 4.83. The maximum atomic E-state index is 13.9. The smallest absolute Gasteiger partial charge is 0.252 e. The topological polar surface area (TPSA) is 42.0 Å². The second-order valence-corrected chi connectivity index (χ2v) is 9.24. The molecule has 0 atom stereocenters. The van der Waals surface area contributed by atoms with Crippen molar-refractivity contribution >= 4 is 16.8 Å². The van der Waals surface area contributed by atoms with Gasteiger partial charge in [-0.2, -0.15) is 0 Å². The van der Waals surface area contributed by atoms with Crippen molar-refractivity contribution in [3.05, 3.63) is 162 Å². The van der Waals surface area contributed by atoms with Crippen molar-refractivity contribution in [2.45, 2.75) is 6.04 Å². The molecule has 0 saturated heterocycles. The predicted octanol–water partition coefficient (Wildman–Crippen LogP) is 8.09. The Hall–Kier alpha value is -5.02. The summed E-state index contributed by atoms with van der Waals surface area (Å²) in [4.78, 5) is 18.8. The molecule has 0 aliphatic rings. The number of carbonyl (C=O) groups is 1. The van der Waals surface area contributed by atoms with E-state index in [0.717, 1.165) is 38.9 Å². The molecular weight excluding hydrogens is 464 g/mol. The maximum Gasteiger partial charge on any atom is 0.252 e. The van der Waals surface area contributed by atoms with Gasteiger partial charge >= 0.3 is 0 Å². The molecule has 38 heavy (non-hydrogen) atoms. The van der Waals surface area contributed by atoms with Crippen molar-refractivity contribution in [2.75, 3.05) is 0 Å². The van der Waals surface area contributed by atoms with Crippen LogP contribution in [0.5, 0.6) is 0 Å². The largest absolute Gasteiger partial charge is 0.341 e. The Morgan fingerprint density at radius 1 is 0.553 bits per heavy atom. The van der Waals surface area contributed by atoms with Crippen LogP contribution in [-0.2, 0) is 0 Å². The number of nitrogens with one attached hydrogen (secondary N) is 1. The fraction of sp³-hybridized carbons (Fsp3) is 0.0286. The molecule has 0 saturated carbocycles. The van der Waals surface area contributed by atoms with E-state index in [4.69, 9.17) is 4.98 Å². The molecule has 3 heteroatoms. The van der Waals surface area contributed by atoms with Crippen molar-refractivity contribution in [3.8, 4) is 22.4 Å². The summed E-state index contributed by atoms with van der Waals surface area (Å²) in [5.74, 6) is -0.136. The third-order valence-corrected chi connectivity index (χ3v) is 6.79. The van der Waals surface area contributed by atoms with Gasteiger partial charge in [-0.25, -0.2) is 4.98 Å². The summed E-state index contributed by atoms with van der Waals surface area (Å²) >= 11 is 0. The van der Waals surface area contributed by atoms with Crippen molar-refractivity contribution < 1.29 is 4.79 Å². The first kappa shape index (κ1) is 23.4. The zero-order valence-electron chi connectivity index (χ0n) is 20.8. The van der Waals surface area contributed by atoms with Gasteiger partial charge in [0.25, 0.3) is 5.91 Å². The predicted molar refractivity (Wildman–Crippen MR) is 155 cm³/mol. The lowest BCUT2D eigenvalue weighted by molar-refractivity contribution is 0.0944. The lowest BCUT2D eigenvalue weighted by Crippen LogP contribution is -2.29. The van der Waals surface area contributed by atoms with Gasteiger partial charge in [-0.3, -0.25) is 4.79 Å². The van der Waals surface area contributed by atoms with E-state index >= 15 is 0 Å². The molecule has 0 unspecified atom stereocenters. The molecule has 1 amide bonds. The van der Waals surface area contributed by atoms with Gasteiger partial charge in [-0.1, -0.05) is 133 Å². The third kappa shape index (κ3) is 4.82. The Labute approximate surface area is 222 Å². The monoisotopic (exact) mass is 490 g/mol. The van der Waals surface area contributed by atoms with E-state index in [1.807, 2.05) is 109 Å². The number of nitrogens with zero attached hydrogens (tertiary/aromatic N) is 1. The van der Waals surface area contributed by atoms with Crippen LogP contribution in [0.1, 0.15) is 27.5 Å². The summed E-state index contributed by atoms with van der Waals surface area (Å²) in [5, 5.41) is 4.13. The van der Waals surface area contributed by atoms with Gasteiger partial charge in [0.2, 0.25) is 0 Å². The summed E-state index contributed by atoms with van der Waals surface area (Å²) < 4.78 is 0. The second-order valence-electron chi connectivity index (χ2n) is 9.24. The number of carbonyl (C=O) groups excluding carboxylic acids is 1. The first-order valence-corrected chi connectivity index (χ1v) is 12.7. The first-order chi connectivity index (χ1) is 18.8. The Kier molecular flexibility index (Phi) is 6.48. The molecule has 5 aromatic carbocycles. The number of hydrogen-bond donors (Lipinski definition) is 1. The van der Waals surface area contributed by atoms with Crippen molar-refractivity contribution in [3.63, 3.8) is 0 Å². The quantitative estimate of drug-likeness (QED) is 0.256. The van der Waals surface area contributed by atoms with Crippen LogP contribution in [0.25, 0.3) is 33.3 Å². The van der Waals surface area contributed by atoms with E-state index in [1.165, 1.54) is 5.56 Å². The SMILES string of the molecule is O=C(NC(c1ccccc1)c1ccccc1)c1cc(-c2ccc(-c3ccccc3)cc2)nc2ccccc12. The number of benzene rings is 5. The highest BCUT2D eigenvalue weighted by atomic mass is 16.1. The Balaban J connectivity index is 1.39. The number of para-hydroxylation sites is 1. The summed E-state index contributed by atoms with van der Waals surface area (Å²) in [7, 11) is 0. The average molecular weight is 491 g/mol. The standard InChI is InChI=1S/C35H26N2O/c38-35(37-34(28-14-6-2-7-15-28)29-16-8-3-9-17-29)31-24-33(36-32-19-11-10-18-30(31)32)27-22-20-26(21-23-27)25-12-4-1-5-13-25/h1-24,34H,(H,37,38). The highest BCUT2D eigenvalue weighted by Crippen LogP contribution is 2.29. The van der Waals surface area contributed by atoms with Gasteiger partial charge in [0.15, 0.2) is 0 Å². The van der Waals surface area contributed by atoms with Gasteiger partial charge in [0, 0.05) is 10.9 Å². The summed E-state index contributed by atoms with van der Waals surface area (Å²) in [6.45, 7) is 0. The molecule has 3 nitrogen and oxygen atoms in total. The van der Waals surface area contributed by atoms with Crippen LogP contribution in [0.3, 0.4) is 0 Å². The van der Waals surface area contributed by atoms with E-state index in [9.17, 15) is 4.79 Å². The van der Waals surface area contributed by atoms with E-state index < -0.39 is 0 Å². The molecule has 0 radical (unpaired) electrons. The van der Waals surface area contributed by atoms with Crippen LogP contribution >= 0.6 is 0 Å². The normalized spacial score (nSPS) is 11.0. The van der Waals surface area contributed by atoms with E-state index in [0.29, 0.717) is 5.56 Å². The van der Waals surface area contributed by atoms with E-state index in [2.05, 4.69) is 41.7 Å². The summed E-state index contributed by atoms with van der Waals surface area (Å²) in [6, 6.07) is 48.2. The number of hydrogen-bond acceptors (Lipinski definition) is 2. The zero-order valence-corrected chi connectivity index (χ0v) is 20.8. The van der Waals surface area contributed by atoms with Crippen LogP contribution < -0.4 is 5.32 Å². The minimum absolute atomic E-state index is 0.136. The molecular formula is C35H26N2O. The number of aromatic nitrogens is 1. The van der Waals surface area contributed by atoms with E-state index in [1.54, 1.807) is 0 Å². The molecule has 6 aromatic rings. The minimum atomic E-state index is -0.273. The van der Waals surface area contributed by atoms with Crippen LogP contribution in [0.15, 0.2) is 146 Å². The molecule has 0 spiro atoms. The molecule has 0 aliphatic heterocycles. The van der Waals surface area contributed by atoms with Crippen molar-refractivity contribution in [1.29, 1.82) is 0 Å². The summed E-state index contributed by atoms with van der Waals surface area (Å²) in [6.07, 6.45) is 0. The van der Waals surface area contributed by atoms with Crippen LogP contribution in [-0.4, -0.2) is 10.9 Å². The molecule has 0 aliphatic carbocycles. The Morgan fingerprint density at radius 2 is 1.05 bits per heavy atom. The van der Waals surface area contributed by atoms with E-state index in [-0.39, 0.29) is 11.9 Å². The number of rotatable bonds is 6. The van der Waals surface area contributed by atoms with Gasteiger partial charge < -0.3 is 5.32 Å². The number of amides is 1. The van der Waals surface area contributed by atoms with Gasteiger partial charge in [0.05, 0.1) is 22.8 Å². The highest BCUT2D eigenvalue weighted by molar-refractivity contribution is 6.07. The Bertz CT molecular complexity index is 1640. The molecule has 0 bridgehead atoms. The van der Waals surface area contributed by atoms with Crippen molar-refractivity contribution in [1.82, 2.24) is 10.3 Å². The number of pyridine rings is 1. The van der Waals surface area contributed by atoms with Crippen LogP contribution in [0, 0.1) is 0 Å². The summed E-state index contributed by atoms with van der Waals surface area (Å²) in [5.41, 5.74) is 7.49. The molecule has 1 heterocycles. The lowest BCUT2D eigenvalue weighted by Gasteiger charge is -2.21. The van der Waals surface area contributed by atoms with Gasteiger partial charge in [-0.15, -0.1) is 0 Å². The van der Waals surface area contributed by atoms with Crippen LogP contribution in [0.2, 0.25) is 0 Å². The average Bonchev–Trinajstić information content (AvgIpc) is 3.00. The molecule has 6 rings (SSSR count). The number of fused-ring (bicyclic) bond motifs is 1. The van der Waals surface area contributed by atoms with Gasteiger partial charge in [0.1, 0.15) is 0 Å². The van der Waals surface area contributed by atoms with Gasteiger partial charge in [-0.05, 0) is 34.4 Å². The molecule has 182 valence electrons. The Morgan fingerprint density at radius 3 is 1.68 bits per heavy atom. The van der Waals surface area contributed by atoms with Crippen LogP contribution in [0.4, 0.5) is 0 Å². The molecule has 0 fully saturated rings. The third-order valence-electron chi connectivity index (χ3n) is 6.79. The molecule has 1 N–H and O–H groups in total. The minimum Gasteiger partial charge on any atom is -0.341 e. The second kappa shape index (κ2) is 10.5. The maximum absolute atomic E-state index is 13.9. The first-order valence-electron chi connectivity index (χ1n) is 12.7. The van der Waals surface area contributed by atoms with Crippen molar-refractivity contribution in [2.24, 2.45) is 0 Å².